The van der Waals surface area contributed by atoms with Gasteiger partial charge in [0, 0.05) is 13.1 Å². The monoisotopic (exact) mass is 329 g/mol. The average Bonchev–Trinajstić information content (AvgIpc) is 2.47. The van der Waals surface area contributed by atoms with Crippen LogP contribution >= 0.6 is 11.6 Å². The summed E-state index contributed by atoms with van der Waals surface area (Å²) in [4.78, 5) is 4.37. The summed E-state index contributed by atoms with van der Waals surface area (Å²) in [5, 5.41) is 0. The van der Waals surface area contributed by atoms with E-state index in [-0.39, 0.29) is 5.88 Å². The maximum Gasteiger partial charge on any atom is 0.243 e. The molecule has 7 heteroatoms. The topological polar surface area (TPSA) is 75.8 Å². The Balaban J connectivity index is 2.21. The van der Waals surface area contributed by atoms with E-state index in [9.17, 15) is 8.42 Å². The number of alkyl halides is 1. The molecule has 0 saturated carbocycles. The number of aliphatic imine (C=N–C) groups is 1. The lowest BCUT2D eigenvalue weighted by molar-refractivity contribution is 0.281. The van der Waals surface area contributed by atoms with E-state index < -0.39 is 10.0 Å². The number of sulfonamides is 1. The molecule has 1 aromatic rings. The molecule has 0 amide bonds. The normalized spacial score (nSPS) is 21.4. The number of halogens is 1. The van der Waals surface area contributed by atoms with E-state index in [0.29, 0.717) is 35.4 Å². The van der Waals surface area contributed by atoms with E-state index in [2.05, 4.69) is 11.9 Å². The van der Waals surface area contributed by atoms with Gasteiger partial charge in [-0.1, -0.05) is 6.92 Å². The number of amidine groups is 1. The Labute approximate surface area is 130 Å². The Morgan fingerprint density at radius 2 is 2.10 bits per heavy atom. The Morgan fingerprint density at radius 1 is 1.43 bits per heavy atom. The highest BCUT2D eigenvalue weighted by Crippen LogP contribution is 2.24. The lowest BCUT2D eigenvalue weighted by atomic mass is 10.0. The largest absolute Gasteiger partial charge is 0.386 e. The van der Waals surface area contributed by atoms with Crippen molar-refractivity contribution in [3.05, 3.63) is 24.3 Å². The number of hydrogen-bond acceptors (Lipinski definition) is 3. The number of nitrogens with two attached hydrogens (primary N) is 1. The van der Waals surface area contributed by atoms with Crippen molar-refractivity contribution in [3.63, 3.8) is 0 Å². The van der Waals surface area contributed by atoms with Crippen molar-refractivity contribution in [2.24, 2.45) is 16.6 Å². The first-order chi connectivity index (χ1) is 9.93. The van der Waals surface area contributed by atoms with Gasteiger partial charge in [-0.25, -0.2) is 13.4 Å². The van der Waals surface area contributed by atoms with E-state index >= 15 is 0 Å². The third-order valence-electron chi connectivity index (χ3n) is 3.50. The summed E-state index contributed by atoms with van der Waals surface area (Å²) in [6.45, 7) is 3.25. The maximum absolute atomic E-state index is 12.6. The molecular weight excluding hydrogens is 310 g/mol. The second kappa shape index (κ2) is 6.77. The molecule has 1 atom stereocenters. The molecule has 1 fully saturated rings. The highest BCUT2D eigenvalue weighted by Gasteiger charge is 2.28. The number of benzene rings is 1. The molecule has 1 aromatic carbocycles. The van der Waals surface area contributed by atoms with Crippen molar-refractivity contribution < 1.29 is 8.42 Å². The van der Waals surface area contributed by atoms with Crippen LogP contribution in [0.2, 0.25) is 0 Å². The van der Waals surface area contributed by atoms with Gasteiger partial charge in [-0.3, -0.25) is 0 Å². The van der Waals surface area contributed by atoms with E-state index in [1.165, 1.54) is 0 Å². The van der Waals surface area contributed by atoms with E-state index in [0.717, 1.165) is 12.8 Å². The fraction of sp³-hybridized carbons (Fsp3) is 0.500. The molecule has 0 aromatic heterocycles. The van der Waals surface area contributed by atoms with Crippen LogP contribution in [0.3, 0.4) is 0 Å². The fourth-order valence-corrected chi connectivity index (χ4v) is 4.06. The lowest BCUT2D eigenvalue weighted by Crippen LogP contribution is -2.39. The molecule has 0 aliphatic carbocycles. The van der Waals surface area contributed by atoms with Crippen LogP contribution in [-0.4, -0.2) is 37.5 Å². The Hall–Kier alpha value is -1.11. The molecular formula is C14H20ClN3O2S. The minimum Gasteiger partial charge on any atom is -0.386 e. The van der Waals surface area contributed by atoms with Crippen molar-refractivity contribution in [2.75, 3.05) is 19.0 Å². The molecule has 0 radical (unpaired) electrons. The zero-order valence-corrected chi connectivity index (χ0v) is 13.6. The van der Waals surface area contributed by atoms with Crippen molar-refractivity contribution in [2.45, 2.75) is 24.7 Å². The van der Waals surface area contributed by atoms with Crippen LogP contribution in [0.5, 0.6) is 0 Å². The lowest BCUT2D eigenvalue weighted by Gasteiger charge is -2.30. The third kappa shape index (κ3) is 3.96. The van der Waals surface area contributed by atoms with E-state index in [4.69, 9.17) is 17.3 Å². The molecule has 0 bridgehead atoms. The Morgan fingerprint density at radius 3 is 2.67 bits per heavy atom. The van der Waals surface area contributed by atoms with Crippen molar-refractivity contribution in [1.82, 2.24) is 4.31 Å². The summed E-state index contributed by atoms with van der Waals surface area (Å²) in [6, 6.07) is 6.41. The van der Waals surface area contributed by atoms with Crippen LogP contribution in [-0.2, 0) is 10.0 Å². The maximum atomic E-state index is 12.6. The molecule has 1 saturated heterocycles. The molecule has 5 nitrogen and oxygen atoms in total. The predicted molar refractivity (Wildman–Crippen MR) is 85.6 cm³/mol. The van der Waals surface area contributed by atoms with Crippen molar-refractivity contribution >= 4 is 33.1 Å². The molecule has 0 spiro atoms. The smallest absolute Gasteiger partial charge is 0.243 e. The van der Waals surface area contributed by atoms with Crippen molar-refractivity contribution in [1.29, 1.82) is 0 Å². The Kier molecular flexibility index (Phi) is 5.24. The van der Waals surface area contributed by atoms with Gasteiger partial charge in [-0.05, 0) is 43.0 Å². The minimum absolute atomic E-state index is 0.145. The zero-order chi connectivity index (χ0) is 15.5. The van der Waals surface area contributed by atoms with Gasteiger partial charge >= 0.3 is 0 Å². The SMILES string of the molecule is CC1CCCN(S(=O)(=O)c2ccc(N=C(N)CCl)cc2)C1. The minimum atomic E-state index is -3.42. The molecule has 2 N–H and O–H groups in total. The van der Waals surface area contributed by atoms with Crippen molar-refractivity contribution in [3.8, 4) is 0 Å². The summed E-state index contributed by atoms with van der Waals surface area (Å²) in [5.41, 5.74) is 6.15. The van der Waals surface area contributed by atoms with Crippen LogP contribution < -0.4 is 5.73 Å². The van der Waals surface area contributed by atoms with Gasteiger partial charge in [0.1, 0.15) is 5.84 Å². The summed E-state index contributed by atoms with van der Waals surface area (Å²) in [7, 11) is -3.42. The first-order valence-corrected chi connectivity index (χ1v) is 8.90. The fourth-order valence-electron chi connectivity index (χ4n) is 2.40. The molecule has 116 valence electrons. The second-order valence-corrected chi connectivity index (χ2v) is 7.55. The van der Waals surface area contributed by atoms with Gasteiger partial charge in [0.15, 0.2) is 0 Å². The number of nitrogens with zero attached hydrogens (tertiary/aromatic N) is 2. The second-order valence-electron chi connectivity index (χ2n) is 5.34. The Bertz CT molecular complexity index is 614. The van der Waals surface area contributed by atoms with Gasteiger partial charge in [-0.15, -0.1) is 11.6 Å². The zero-order valence-electron chi connectivity index (χ0n) is 12.0. The van der Waals surface area contributed by atoms with Crippen LogP contribution in [0, 0.1) is 5.92 Å². The molecule has 1 aliphatic rings. The predicted octanol–water partition coefficient (Wildman–Crippen LogP) is 2.33. The first kappa shape index (κ1) is 16.3. The molecule has 1 unspecified atom stereocenters. The van der Waals surface area contributed by atoms with E-state index in [1.54, 1.807) is 28.6 Å². The highest BCUT2D eigenvalue weighted by atomic mass is 35.5. The quantitative estimate of drug-likeness (QED) is 0.523. The van der Waals surface area contributed by atoms with Gasteiger partial charge in [0.25, 0.3) is 0 Å². The molecule has 2 rings (SSSR count). The van der Waals surface area contributed by atoms with Crippen LogP contribution in [0.4, 0.5) is 5.69 Å². The summed E-state index contributed by atoms with van der Waals surface area (Å²) >= 11 is 5.56. The van der Waals surface area contributed by atoms with Gasteiger partial charge in [0.05, 0.1) is 16.5 Å². The van der Waals surface area contributed by atoms with Crippen LogP contribution in [0.15, 0.2) is 34.2 Å². The highest BCUT2D eigenvalue weighted by molar-refractivity contribution is 7.89. The molecule has 1 aliphatic heterocycles. The first-order valence-electron chi connectivity index (χ1n) is 6.92. The van der Waals surface area contributed by atoms with E-state index in [1.807, 2.05) is 0 Å². The summed E-state index contributed by atoms with van der Waals surface area (Å²) < 4.78 is 26.7. The number of hydrogen-bond donors (Lipinski definition) is 1. The third-order valence-corrected chi connectivity index (χ3v) is 5.66. The summed E-state index contributed by atoms with van der Waals surface area (Å²) in [5.74, 6) is 0.851. The van der Waals surface area contributed by atoms with Crippen LogP contribution in [0.25, 0.3) is 0 Å². The van der Waals surface area contributed by atoms with Gasteiger partial charge in [0.2, 0.25) is 10.0 Å². The number of piperidine rings is 1. The average molecular weight is 330 g/mol. The summed E-state index contributed by atoms with van der Waals surface area (Å²) in [6.07, 6.45) is 1.99. The van der Waals surface area contributed by atoms with Gasteiger partial charge < -0.3 is 5.73 Å². The molecule has 1 heterocycles. The van der Waals surface area contributed by atoms with Crippen LogP contribution in [0.1, 0.15) is 19.8 Å². The van der Waals surface area contributed by atoms with Gasteiger partial charge in [-0.2, -0.15) is 4.31 Å². The number of rotatable bonds is 4. The molecule has 21 heavy (non-hydrogen) atoms. The standard InChI is InChI=1S/C14H20ClN3O2S/c1-11-3-2-8-18(10-11)21(19,20)13-6-4-12(5-7-13)17-14(16)9-15/h4-7,11H,2-3,8-10H2,1H3,(H2,16,17).